The Bertz CT molecular complexity index is 341. The molecule has 1 aromatic heterocycles. The summed E-state index contributed by atoms with van der Waals surface area (Å²) < 4.78 is 41.9. The van der Waals surface area contributed by atoms with E-state index >= 15 is 0 Å². The van der Waals surface area contributed by atoms with Crippen LogP contribution in [0.15, 0.2) is 4.52 Å². The monoisotopic (exact) mass is 264 g/mol. The maximum atomic E-state index is 12.4. The number of aromatic nitrogens is 2. The maximum Gasteiger partial charge on any atom is 0.455 e. The number of alkyl halides is 3. The Hall–Kier alpha value is -1.07. The average molecular weight is 264 g/mol. The third-order valence-corrected chi connectivity index (χ3v) is 2.86. The van der Waals surface area contributed by atoms with Gasteiger partial charge in [0.1, 0.15) is 0 Å². The van der Waals surface area contributed by atoms with Gasteiger partial charge < -0.3 is 4.52 Å². The Balaban J connectivity index is 2.74. The summed E-state index contributed by atoms with van der Waals surface area (Å²) in [6, 6.07) is 0. The van der Waals surface area contributed by atoms with Gasteiger partial charge in [0.25, 0.3) is 5.82 Å². The summed E-state index contributed by atoms with van der Waals surface area (Å²) in [4.78, 5) is 3.48. The summed E-state index contributed by atoms with van der Waals surface area (Å²) in [5, 5.41) is 3.01. The van der Waals surface area contributed by atoms with Gasteiger partial charge in [0.15, 0.2) is 0 Å². The van der Waals surface area contributed by atoms with Crippen molar-refractivity contribution < 1.29 is 17.7 Å². The second-order valence-corrected chi connectivity index (χ2v) is 4.44. The quantitative estimate of drug-likeness (QED) is 0.725. The summed E-state index contributed by atoms with van der Waals surface area (Å²) >= 11 is 0. The van der Waals surface area contributed by atoms with Crippen LogP contribution >= 0.6 is 0 Å². The van der Waals surface area contributed by atoms with E-state index in [0.29, 0.717) is 0 Å². The lowest BCUT2D eigenvalue weighted by molar-refractivity contribution is -0.146. The van der Waals surface area contributed by atoms with Crippen molar-refractivity contribution in [3.63, 3.8) is 0 Å². The van der Waals surface area contributed by atoms with Crippen LogP contribution in [0, 0.1) is 0 Å². The van der Waals surface area contributed by atoms with E-state index in [0.717, 1.165) is 38.5 Å². The van der Waals surface area contributed by atoms with Crippen LogP contribution in [-0.2, 0) is 6.18 Å². The van der Waals surface area contributed by atoms with Crippen LogP contribution in [-0.4, -0.2) is 10.1 Å². The molecule has 0 saturated carbocycles. The Morgan fingerprint density at radius 1 is 1.11 bits per heavy atom. The minimum atomic E-state index is -4.53. The van der Waals surface area contributed by atoms with Crippen molar-refractivity contribution in [2.75, 3.05) is 0 Å². The van der Waals surface area contributed by atoms with Gasteiger partial charge >= 0.3 is 6.18 Å². The fourth-order valence-electron chi connectivity index (χ4n) is 1.81. The molecule has 0 fully saturated rings. The van der Waals surface area contributed by atoms with E-state index in [9.17, 15) is 13.2 Å². The highest BCUT2D eigenvalue weighted by Gasteiger charge is 2.37. The molecule has 0 saturated heterocycles. The third-order valence-electron chi connectivity index (χ3n) is 2.86. The van der Waals surface area contributed by atoms with Crippen molar-refractivity contribution in [1.82, 2.24) is 10.1 Å². The van der Waals surface area contributed by atoms with Gasteiger partial charge in [-0.15, -0.1) is 0 Å². The van der Waals surface area contributed by atoms with Crippen LogP contribution in [0.25, 0.3) is 0 Å². The van der Waals surface area contributed by atoms with Crippen molar-refractivity contribution in [3.05, 3.63) is 11.7 Å². The molecule has 0 atom stereocenters. The Morgan fingerprint density at radius 3 is 2.06 bits per heavy atom. The van der Waals surface area contributed by atoms with Gasteiger partial charge in [0.05, 0.1) is 0 Å². The minimum Gasteiger partial charge on any atom is -0.339 e. The molecule has 0 bridgehead atoms. The van der Waals surface area contributed by atoms with E-state index < -0.39 is 12.0 Å². The molecule has 0 aromatic carbocycles. The number of halogens is 3. The molecule has 1 rings (SSSR count). The number of nitrogens with zero attached hydrogens (tertiary/aromatic N) is 2. The van der Waals surface area contributed by atoms with Gasteiger partial charge in [-0.2, -0.15) is 18.2 Å². The summed E-state index contributed by atoms with van der Waals surface area (Å²) in [6.07, 6.45) is 0.996. The summed E-state index contributed by atoms with van der Waals surface area (Å²) in [5.41, 5.74) is 0. The summed E-state index contributed by atoms with van der Waals surface area (Å²) in [5.74, 6) is -1.09. The summed E-state index contributed by atoms with van der Waals surface area (Å²) in [7, 11) is 0. The lowest BCUT2D eigenvalue weighted by Crippen LogP contribution is -2.08. The highest BCUT2D eigenvalue weighted by Crippen LogP contribution is 2.31. The lowest BCUT2D eigenvalue weighted by atomic mass is 9.96. The lowest BCUT2D eigenvalue weighted by Gasteiger charge is -2.11. The number of hydrogen-bond donors (Lipinski definition) is 0. The number of hydrogen-bond acceptors (Lipinski definition) is 3. The normalized spacial score (nSPS) is 12.3. The molecule has 0 spiro atoms. The molecule has 0 aliphatic rings. The molecular formula is C12H19F3N2O. The van der Waals surface area contributed by atoms with E-state index in [1.54, 1.807) is 0 Å². The minimum absolute atomic E-state index is 0.0477. The van der Waals surface area contributed by atoms with Crippen molar-refractivity contribution in [2.45, 2.75) is 64.5 Å². The fraction of sp³-hybridized carbons (Fsp3) is 0.833. The highest BCUT2D eigenvalue weighted by molar-refractivity contribution is 4.96. The number of unbranched alkanes of at least 4 members (excludes halogenated alkanes) is 2. The molecule has 1 aromatic rings. The predicted octanol–water partition coefficient (Wildman–Crippen LogP) is 4.55. The Labute approximate surface area is 105 Å². The van der Waals surface area contributed by atoms with Crippen LogP contribution in [0.2, 0.25) is 0 Å². The zero-order valence-corrected chi connectivity index (χ0v) is 10.8. The first kappa shape index (κ1) is 15.0. The Kier molecular flexibility index (Phi) is 5.62. The van der Waals surface area contributed by atoms with Crippen LogP contribution in [0.4, 0.5) is 13.2 Å². The second kappa shape index (κ2) is 6.75. The van der Waals surface area contributed by atoms with Crippen molar-refractivity contribution in [1.29, 1.82) is 0 Å². The molecule has 0 radical (unpaired) electrons. The molecule has 0 amide bonds. The molecular weight excluding hydrogens is 245 g/mol. The van der Waals surface area contributed by atoms with E-state index in [1.807, 2.05) is 13.8 Å². The molecule has 6 heteroatoms. The fourth-order valence-corrected chi connectivity index (χ4v) is 1.81. The highest BCUT2D eigenvalue weighted by atomic mass is 19.4. The molecule has 3 nitrogen and oxygen atoms in total. The van der Waals surface area contributed by atoms with Gasteiger partial charge in [0, 0.05) is 5.92 Å². The first-order valence-electron chi connectivity index (χ1n) is 6.39. The van der Waals surface area contributed by atoms with E-state index in [2.05, 4.69) is 10.1 Å². The van der Waals surface area contributed by atoms with Crippen LogP contribution in [0.3, 0.4) is 0 Å². The molecule has 0 aliphatic carbocycles. The number of rotatable bonds is 7. The van der Waals surface area contributed by atoms with E-state index in [1.165, 1.54) is 0 Å². The molecule has 0 aliphatic heterocycles. The SMILES string of the molecule is CCCCC(CCCC)c1nc(C(F)(F)F)no1. The predicted molar refractivity (Wildman–Crippen MR) is 61.1 cm³/mol. The van der Waals surface area contributed by atoms with E-state index in [4.69, 9.17) is 4.52 Å². The molecule has 0 N–H and O–H groups in total. The van der Waals surface area contributed by atoms with Crippen LogP contribution in [0.5, 0.6) is 0 Å². The molecule has 1 heterocycles. The van der Waals surface area contributed by atoms with Gasteiger partial charge in [-0.3, -0.25) is 0 Å². The smallest absolute Gasteiger partial charge is 0.339 e. The zero-order chi connectivity index (χ0) is 13.6. The van der Waals surface area contributed by atoms with Crippen molar-refractivity contribution in [3.8, 4) is 0 Å². The van der Waals surface area contributed by atoms with Gasteiger partial charge in [0.2, 0.25) is 5.89 Å². The van der Waals surface area contributed by atoms with E-state index in [-0.39, 0.29) is 11.8 Å². The summed E-state index contributed by atoms with van der Waals surface area (Å²) in [6.45, 7) is 4.09. The molecule has 18 heavy (non-hydrogen) atoms. The van der Waals surface area contributed by atoms with Crippen LogP contribution in [0.1, 0.15) is 70.0 Å². The van der Waals surface area contributed by atoms with Gasteiger partial charge in [-0.25, -0.2) is 0 Å². The molecule has 0 unspecified atom stereocenters. The van der Waals surface area contributed by atoms with Gasteiger partial charge in [-0.1, -0.05) is 44.7 Å². The van der Waals surface area contributed by atoms with Crippen molar-refractivity contribution >= 4 is 0 Å². The zero-order valence-electron chi connectivity index (χ0n) is 10.8. The largest absolute Gasteiger partial charge is 0.455 e. The van der Waals surface area contributed by atoms with Crippen LogP contribution < -0.4 is 0 Å². The average Bonchev–Trinajstić information content (AvgIpc) is 2.78. The first-order chi connectivity index (χ1) is 8.49. The second-order valence-electron chi connectivity index (χ2n) is 4.44. The Morgan fingerprint density at radius 2 is 1.67 bits per heavy atom. The maximum absolute atomic E-state index is 12.4. The standard InChI is InChI=1S/C12H19F3N2O/c1-3-5-7-9(8-6-4-2)10-16-11(17-18-10)12(13,14)15/h9H,3-8H2,1-2H3. The van der Waals surface area contributed by atoms with Crippen molar-refractivity contribution in [2.24, 2.45) is 0 Å². The first-order valence-corrected chi connectivity index (χ1v) is 6.39. The molecule has 104 valence electrons. The topological polar surface area (TPSA) is 38.9 Å². The third kappa shape index (κ3) is 4.31. The van der Waals surface area contributed by atoms with Gasteiger partial charge in [-0.05, 0) is 12.8 Å².